The molecule has 2 heterocycles. The zero-order chi connectivity index (χ0) is 18.4. The van der Waals surface area contributed by atoms with Gasteiger partial charge in [0.1, 0.15) is 6.33 Å². The van der Waals surface area contributed by atoms with Gasteiger partial charge < -0.3 is 4.90 Å². The van der Waals surface area contributed by atoms with E-state index in [1.165, 1.54) is 17.7 Å². The highest BCUT2D eigenvalue weighted by atomic mass is 35.5. The molecule has 0 unspecified atom stereocenters. The van der Waals surface area contributed by atoms with E-state index < -0.39 is 0 Å². The molecule has 1 aromatic carbocycles. The highest BCUT2D eigenvalue weighted by Crippen LogP contribution is 2.24. The Labute approximate surface area is 165 Å². The molecule has 0 fully saturated rings. The van der Waals surface area contributed by atoms with Crippen LogP contribution in [0.4, 0.5) is 0 Å². The molecule has 3 rings (SSSR count). The SMILES string of the molecule is C=CCN(Cc1ccc(Cl)s1)C(=O)c1ccc(CSc2ncn[nH]2)cc1. The van der Waals surface area contributed by atoms with Gasteiger partial charge >= 0.3 is 0 Å². The number of halogens is 1. The normalized spacial score (nSPS) is 10.7. The fraction of sp³-hybridized carbons (Fsp3) is 0.167. The van der Waals surface area contributed by atoms with E-state index in [-0.39, 0.29) is 5.91 Å². The van der Waals surface area contributed by atoms with Crippen LogP contribution in [0.3, 0.4) is 0 Å². The van der Waals surface area contributed by atoms with E-state index in [1.54, 1.807) is 22.7 Å². The number of aromatic amines is 1. The first-order valence-electron chi connectivity index (χ1n) is 7.87. The summed E-state index contributed by atoms with van der Waals surface area (Å²) < 4.78 is 0.722. The van der Waals surface area contributed by atoms with Gasteiger partial charge in [0, 0.05) is 22.7 Å². The summed E-state index contributed by atoms with van der Waals surface area (Å²) in [5, 5.41) is 7.41. The van der Waals surface area contributed by atoms with Crippen molar-refractivity contribution in [2.75, 3.05) is 6.54 Å². The molecule has 0 aliphatic heterocycles. The van der Waals surface area contributed by atoms with Gasteiger partial charge in [0.2, 0.25) is 0 Å². The topological polar surface area (TPSA) is 61.9 Å². The summed E-state index contributed by atoms with van der Waals surface area (Å²) in [6.45, 7) is 4.76. The van der Waals surface area contributed by atoms with Crippen LogP contribution in [-0.2, 0) is 12.3 Å². The maximum absolute atomic E-state index is 12.8. The fourth-order valence-electron chi connectivity index (χ4n) is 2.34. The molecule has 2 aromatic heterocycles. The number of nitrogens with zero attached hydrogens (tertiary/aromatic N) is 3. The van der Waals surface area contributed by atoms with E-state index in [1.807, 2.05) is 36.4 Å². The molecule has 0 aliphatic carbocycles. The van der Waals surface area contributed by atoms with Crippen LogP contribution in [0, 0.1) is 0 Å². The lowest BCUT2D eigenvalue weighted by molar-refractivity contribution is 0.0764. The van der Waals surface area contributed by atoms with Crippen LogP contribution in [0.2, 0.25) is 4.34 Å². The first-order chi connectivity index (χ1) is 12.7. The van der Waals surface area contributed by atoms with Gasteiger partial charge in [-0.15, -0.1) is 17.9 Å². The molecular weight excluding hydrogens is 388 g/mol. The summed E-state index contributed by atoms with van der Waals surface area (Å²) in [5.74, 6) is 0.733. The zero-order valence-corrected chi connectivity index (χ0v) is 16.3. The molecule has 0 aliphatic rings. The molecule has 0 bridgehead atoms. The Morgan fingerprint density at radius 1 is 1.31 bits per heavy atom. The van der Waals surface area contributed by atoms with E-state index in [4.69, 9.17) is 11.6 Å². The Morgan fingerprint density at radius 3 is 2.73 bits per heavy atom. The minimum atomic E-state index is -0.0242. The number of hydrogen-bond acceptors (Lipinski definition) is 5. The minimum absolute atomic E-state index is 0.0242. The number of carbonyl (C=O) groups is 1. The third kappa shape index (κ3) is 4.97. The van der Waals surface area contributed by atoms with E-state index >= 15 is 0 Å². The summed E-state index contributed by atoms with van der Waals surface area (Å²) >= 11 is 9.03. The number of hydrogen-bond donors (Lipinski definition) is 1. The van der Waals surface area contributed by atoms with E-state index in [0.717, 1.165) is 25.7 Å². The summed E-state index contributed by atoms with van der Waals surface area (Å²) in [7, 11) is 0. The minimum Gasteiger partial charge on any atom is -0.330 e. The lowest BCUT2D eigenvalue weighted by Crippen LogP contribution is -2.30. The number of carbonyl (C=O) groups excluding carboxylic acids is 1. The van der Waals surface area contributed by atoms with Crippen LogP contribution in [-0.4, -0.2) is 32.5 Å². The smallest absolute Gasteiger partial charge is 0.254 e. The van der Waals surface area contributed by atoms with Crippen LogP contribution in [0.15, 0.2) is 60.5 Å². The maximum atomic E-state index is 12.8. The molecule has 0 spiro atoms. The summed E-state index contributed by atoms with van der Waals surface area (Å²) in [6.07, 6.45) is 3.22. The predicted octanol–water partition coefficient (Wildman–Crippen LogP) is 4.64. The molecule has 5 nitrogen and oxygen atoms in total. The van der Waals surface area contributed by atoms with Crippen molar-refractivity contribution < 1.29 is 4.79 Å². The second-order valence-corrected chi connectivity index (χ2v) is 8.22. The largest absolute Gasteiger partial charge is 0.330 e. The van der Waals surface area contributed by atoms with Crippen molar-refractivity contribution in [3.8, 4) is 0 Å². The van der Waals surface area contributed by atoms with Crippen LogP contribution in [0.1, 0.15) is 20.8 Å². The number of nitrogens with one attached hydrogen (secondary N) is 1. The summed E-state index contributed by atoms with van der Waals surface area (Å²) in [4.78, 5) is 19.7. The number of H-pyrrole nitrogens is 1. The van der Waals surface area contributed by atoms with Gasteiger partial charge in [-0.05, 0) is 29.8 Å². The fourth-order valence-corrected chi connectivity index (χ4v) is 4.18. The second kappa shape index (κ2) is 9.02. The van der Waals surface area contributed by atoms with Gasteiger partial charge in [0.25, 0.3) is 5.91 Å². The van der Waals surface area contributed by atoms with E-state index in [0.29, 0.717) is 18.7 Å². The van der Waals surface area contributed by atoms with Crippen molar-refractivity contribution in [1.82, 2.24) is 20.1 Å². The molecule has 8 heteroatoms. The number of rotatable bonds is 8. The van der Waals surface area contributed by atoms with Crippen molar-refractivity contribution in [1.29, 1.82) is 0 Å². The Bertz CT molecular complexity index is 862. The van der Waals surface area contributed by atoms with Crippen molar-refractivity contribution in [3.05, 3.63) is 75.7 Å². The summed E-state index contributed by atoms with van der Waals surface area (Å²) in [5.41, 5.74) is 1.77. The second-order valence-electron chi connectivity index (χ2n) is 5.46. The average molecular weight is 405 g/mol. The molecule has 3 aromatic rings. The quantitative estimate of drug-likeness (QED) is 0.438. The molecule has 1 N–H and O–H groups in total. The van der Waals surface area contributed by atoms with Crippen LogP contribution >= 0.6 is 34.7 Å². The van der Waals surface area contributed by atoms with Gasteiger partial charge in [0.15, 0.2) is 5.16 Å². The van der Waals surface area contributed by atoms with Gasteiger partial charge in [-0.1, -0.05) is 41.6 Å². The van der Waals surface area contributed by atoms with Crippen molar-refractivity contribution in [3.63, 3.8) is 0 Å². The first kappa shape index (κ1) is 18.7. The molecule has 134 valence electrons. The average Bonchev–Trinajstić information content (AvgIpc) is 3.31. The first-order valence-corrected chi connectivity index (χ1v) is 10.0. The molecule has 0 saturated carbocycles. The molecular formula is C18H17ClN4OS2. The van der Waals surface area contributed by atoms with Gasteiger partial charge in [0.05, 0.1) is 10.9 Å². The Morgan fingerprint density at radius 2 is 2.12 bits per heavy atom. The lowest BCUT2D eigenvalue weighted by atomic mass is 10.1. The molecule has 26 heavy (non-hydrogen) atoms. The Balaban J connectivity index is 1.65. The van der Waals surface area contributed by atoms with E-state index in [9.17, 15) is 4.79 Å². The van der Waals surface area contributed by atoms with Crippen LogP contribution < -0.4 is 0 Å². The number of benzene rings is 1. The van der Waals surface area contributed by atoms with Gasteiger partial charge in [-0.2, -0.15) is 5.10 Å². The van der Waals surface area contributed by atoms with Crippen molar-refractivity contribution in [2.24, 2.45) is 0 Å². The molecule has 0 saturated heterocycles. The highest BCUT2D eigenvalue weighted by Gasteiger charge is 2.16. The molecule has 0 radical (unpaired) electrons. The Kier molecular flexibility index (Phi) is 6.49. The number of thioether (sulfide) groups is 1. The monoisotopic (exact) mass is 404 g/mol. The van der Waals surface area contributed by atoms with Crippen LogP contribution in [0.25, 0.3) is 0 Å². The number of thiophene rings is 1. The lowest BCUT2D eigenvalue weighted by Gasteiger charge is -2.20. The van der Waals surface area contributed by atoms with Crippen molar-refractivity contribution in [2.45, 2.75) is 17.5 Å². The highest BCUT2D eigenvalue weighted by molar-refractivity contribution is 7.98. The predicted molar refractivity (Wildman–Crippen MR) is 107 cm³/mol. The van der Waals surface area contributed by atoms with Gasteiger partial charge in [-0.25, -0.2) is 4.98 Å². The third-order valence-electron chi connectivity index (χ3n) is 3.58. The number of amides is 1. The van der Waals surface area contributed by atoms with Gasteiger partial charge in [-0.3, -0.25) is 9.89 Å². The van der Waals surface area contributed by atoms with Crippen LogP contribution in [0.5, 0.6) is 0 Å². The summed E-state index contributed by atoms with van der Waals surface area (Å²) in [6, 6.07) is 11.4. The number of aromatic nitrogens is 3. The van der Waals surface area contributed by atoms with E-state index in [2.05, 4.69) is 21.8 Å². The zero-order valence-electron chi connectivity index (χ0n) is 13.9. The third-order valence-corrected chi connectivity index (χ3v) is 5.75. The Hall–Kier alpha value is -2.09. The maximum Gasteiger partial charge on any atom is 0.254 e. The standard InChI is InChI=1S/C18H17ClN4OS2/c1-2-9-23(10-15-7-8-16(19)26-15)17(24)14-5-3-13(4-6-14)11-25-18-20-12-21-22-18/h2-8,12H,1,9-11H2,(H,20,21,22). The molecule has 0 atom stereocenters. The molecule has 1 amide bonds. The van der Waals surface area contributed by atoms with Crippen molar-refractivity contribution >= 4 is 40.6 Å².